The number of likely N-dealkylation sites (tertiary alicyclic amines) is 1. The van der Waals surface area contributed by atoms with Crippen LogP contribution in [0.2, 0.25) is 0 Å². The zero-order valence-electron chi connectivity index (χ0n) is 11.3. The van der Waals surface area contributed by atoms with Crippen molar-refractivity contribution in [3.05, 3.63) is 29.8 Å². The number of imide groups is 1. The summed E-state index contributed by atoms with van der Waals surface area (Å²) in [7, 11) is 0. The van der Waals surface area contributed by atoms with Crippen LogP contribution in [0.1, 0.15) is 23.2 Å². The SMILES string of the molecule is O=C1NC(=O)C2(CCN(C(=O)c3ccccc3O)CC2)N1. The van der Waals surface area contributed by atoms with Crippen molar-refractivity contribution >= 4 is 17.8 Å². The molecule has 0 bridgehead atoms. The van der Waals surface area contributed by atoms with E-state index in [1.165, 1.54) is 6.07 Å². The number of amides is 4. The van der Waals surface area contributed by atoms with E-state index in [0.29, 0.717) is 25.9 Å². The van der Waals surface area contributed by atoms with E-state index in [1.54, 1.807) is 23.1 Å². The summed E-state index contributed by atoms with van der Waals surface area (Å²) >= 11 is 0. The number of piperidine rings is 1. The molecule has 21 heavy (non-hydrogen) atoms. The number of rotatable bonds is 1. The smallest absolute Gasteiger partial charge is 0.322 e. The highest BCUT2D eigenvalue weighted by molar-refractivity contribution is 6.07. The summed E-state index contributed by atoms with van der Waals surface area (Å²) < 4.78 is 0. The monoisotopic (exact) mass is 289 g/mol. The lowest BCUT2D eigenvalue weighted by Gasteiger charge is -2.37. The molecule has 0 atom stereocenters. The van der Waals surface area contributed by atoms with Gasteiger partial charge in [0.2, 0.25) is 0 Å². The molecule has 0 aliphatic carbocycles. The van der Waals surface area contributed by atoms with Crippen molar-refractivity contribution in [2.75, 3.05) is 13.1 Å². The first-order chi connectivity index (χ1) is 10.0. The predicted molar refractivity (Wildman–Crippen MR) is 72.6 cm³/mol. The summed E-state index contributed by atoms with van der Waals surface area (Å²) in [5, 5.41) is 14.6. The van der Waals surface area contributed by atoms with Crippen LogP contribution in [-0.2, 0) is 4.79 Å². The van der Waals surface area contributed by atoms with Crippen molar-refractivity contribution in [1.82, 2.24) is 15.5 Å². The molecule has 2 heterocycles. The van der Waals surface area contributed by atoms with Crippen molar-refractivity contribution in [3.8, 4) is 5.75 Å². The standard InChI is InChI=1S/C14H15N3O4/c18-10-4-2-1-3-9(10)11(19)17-7-5-14(6-8-17)12(20)15-13(21)16-14/h1-4,18H,5-8H2,(H2,15,16,20,21). The lowest BCUT2D eigenvalue weighted by Crippen LogP contribution is -2.55. The number of nitrogens with one attached hydrogen (secondary N) is 2. The molecule has 0 saturated carbocycles. The number of nitrogens with zero attached hydrogens (tertiary/aromatic N) is 1. The molecule has 7 nitrogen and oxygen atoms in total. The second-order valence-corrected chi connectivity index (χ2v) is 5.30. The van der Waals surface area contributed by atoms with Gasteiger partial charge < -0.3 is 15.3 Å². The normalized spacial score (nSPS) is 20.3. The Morgan fingerprint density at radius 2 is 1.86 bits per heavy atom. The van der Waals surface area contributed by atoms with Crippen LogP contribution in [0, 0.1) is 0 Å². The highest BCUT2D eigenvalue weighted by Crippen LogP contribution is 2.27. The average molecular weight is 289 g/mol. The fourth-order valence-electron chi connectivity index (χ4n) is 2.80. The molecule has 0 unspecified atom stereocenters. The first-order valence-corrected chi connectivity index (χ1v) is 6.73. The summed E-state index contributed by atoms with van der Waals surface area (Å²) in [4.78, 5) is 37.0. The molecule has 0 aromatic heterocycles. The number of carbonyl (C=O) groups excluding carboxylic acids is 3. The van der Waals surface area contributed by atoms with E-state index in [0.717, 1.165) is 0 Å². The maximum absolute atomic E-state index is 12.3. The van der Waals surface area contributed by atoms with Gasteiger partial charge in [0.05, 0.1) is 5.56 Å². The molecular formula is C14H15N3O4. The molecule has 7 heteroatoms. The number of phenolic OH excluding ortho intramolecular Hbond substituents is 1. The van der Waals surface area contributed by atoms with Gasteiger partial charge in [-0.2, -0.15) is 0 Å². The number of hydrogen-bond donors (Lipinski definition) is 3. The van der Waals surface area contributed by atoms with Crippen LogP contribution in [0.15, 0.2) is 24.3 Å². The number of para-hydroxylation sites is 1. The second-order valence-electron chi connectivity index (χ2n) is 5.30. The Labute approximate surface area is 120 Å². The maximum atomic E-state index is 12.3. The fourth-order valence-corrected chi connectivity index (χ4v) is 2.80. The van der Waals surface area contributed by atoms with Crippen LogP contribution >= 0.6 is 0 Å². The Hall–Kier alpha value is -2.57. The minimum absolute atomic E-state index is 0.0605. The third-order valence-corrected chi connectivity index (χ3v) is 4.05. The number of urea groups is 1. The Morgan fingerprint density at radius 3 is 2.43 bits per heavy atom. The molecular weight excluding hydrogens is 274 g/mol. The Morgan fingerprint density at radius 1 is 1.19 bits per heavy atom. The second kappa shape index (κ2) is 4.76. The third kappa shape index (κ3) is 2.20. The summed E-state index contributed by atoms with van der Waals surface area (Å²) in [6.45, 7) is 0.696. The lowest BCUT2D eigenvalue weighted by molar-refractivity contribution is -0.125. The third-order valence-electron chi connectivity index (χ3n) is 4.05. The van der Waals surface area contributed by atoms with Gasteiger partial charge in [0.25, 0.3) is 11.8 Å². The Balaban J connectivity index is 1.72. The van der Waals surface area contributed by atoms with Crippen LogP contribution < -0.4 is 10.6 Å². The Kier molecular flexibility index (Phi) is 3.04. The van der Waals surface area contributed by atoms with E-state index >= 15 is 0 Å². The van der Waals surface area contributed by atoms with E-state index in [1.807, 2.05) is 0 Å². The van der Waals surface area contributed by atoms with Gasteiger partial charge in [0.1, 0.15) is 11.3 Å². The number of carbonyl (C=O) groups is 3. The molecule has 1 spiro atoms. The van der Waals surface area contributed by atoms with Gasteiger partial charge in [0, 0.05) is 13.1 Å². The zero-order valence-corrected chi connectivity index (χ0v) is 11.3. The number of benzene rings is 1. The van der Waals surface area contributed by atoms with Gasteiger partial charge in [-0.25, -0.2) is 4.79 Å². The molecule has 2 aliphatic heterocycles. The van der Waals surface area contributed by atoms with E-state index in [2.05, 4.69) is 10.6 Å². The summed E-state index contributed by atoms with van der Waals surface area (Å²) in [6, 6.07) is 5.87. The van der Waals surface area contributed by atoms with Crippen molar-refractivity contribution in [2.45, 2.75) is 18.4 Å². The molecule has 1 aromatic rings. The van der Waals surface area contributed by atoms with Crippen molar-refractivity contribution in [1.29, 1.82) is 0 Å². The van der Waals surface area contributed by atoms with Crippen LogP contribution in [-0.4, -0.2) is 46.5 Å². The molecule has 2 saturated heterocycles. The molecule has 4 amide bonds. The Bertz CT molecular complexity index is 620. The van der Waals surface area contributed by atoms with E-state index in [4.69, 9.17) is 0 Å². The van der Waals surface area contributed by atoms with Crippen LogP contribution in [0.5, 0.6) is 5.75 Å². The first-order valence-electron chi connectivity index (χ1n) is 6.73. The van der Waals surface area contributed by atoms with Crippen molar-refractivity contribution in [2.24, 2.45) is 0 Å². The molecule has 3 N–H and O–H groups in total. The average Bonchev–Trinajstić information content (AvgIpc) is 2.74. The fraction of sp³-hybridized carbons (Fsp3) is 0.357. The molecule has 1 aromatic carbocycles. The minimum Gasteiger partial charge on any atom is -0.507 e. The number of hydrogen-bond acceptors (Lipinski definition) is 4. The van der Waals surface area contributed by atoms with Gasteiger partial charge in [-0.15, -0.1) is 0 Å². The molecule has 110 valence electrons. The van der Waals surface area contributed by atoms with Gasteiger partial charge in [-0.1, -0.05) is 12.1 Å². The number of aromatic hydroxyl groups is 1. The highest BCUT2D eigenvalue weighted by atomic mass is 16.3. The summed E-state index contributed by atoms with van der Waals surface area (Å²) in [6.07, 6.45) is 0.730. The first kappa shape index (κ1) is 13.4. The van der Waals surface area contributed by atoms with Gasteiger partial charge >= 0.3 is 6.03 Å². The number of phenols is 1. The van der Waals surface area contributed by atoms with E-state index in [-0.39, 0.29) is 23.1 Å². The quantitative estimate of drug-likeness (QED) is 0.643. The summed E-state index contributed by atoms with van der Waals surface area (Å²) in [5.41, 5.74) is -0.652. The lowest BCUT2D eigenvalue weighted by atomic mass is 9.87. The van der Waals surface area contributed by atoms with E-state index < -0.39 is 11.6 Å². The molecule has 2 aliphatic rings. The van der Waals surface area contributed by atoms with Crippen LogP contribution in [0.4, 0.5) is 4.79 Å². The largest absolute Gasteiger partial charge is 0.507 e. The maximum Gasteiger partial charge on any atom is 0.322 e. The van der Waals surface area contributed by atoms with Gasteiger partial charge in [-0.3, -0.25) is 14.9 Å². The minimum atomic E-state index is -0.896. The van der Waals surface area contributed by atoms with Crippen molar-refractivity contribution < 1.29 is 19.5 Å². The summed E-state index contributed by atoms with van der Waals surface area (Å²) in [5.74, 6) is -0.662. The van der Waals surface area contributed by atoms with Crippen LogP contribution in [0.3, 0.4) is 0 Å². The van der Waals surface area contributed by atoms with E-state index in [9.17, 15) is 19.5 Å². The zero-order chi connectivity index (χ0) is 15.0. The molecule has 2 fully saturated rings. The van der Waals surface area contributed by atoms with Gasteiger partial charge in [-0.05, 0) is 25.0 Å². The predicted octanol–water partition coefficient (Wildman–Crippen LogP) is 0.206. The van der Waals surface area contributed by atoms with Crippen molar-refractivity contribution in [3.63, 3.8) is 0 Å². The molecule has 0 radical (unpaired) electrons. The topological polar surface area (TPSA) is 98.7 Å². The highest BCUT2D eigenvalue weighted by Gasteiger charge is 2.48. The van der Waals surface area contributed by atoms with Gasteiger partial charge in [0.15, 0.2) is 0 Å². The van der Waals surface area contributed by atoms with Crippen LogP contribution in [0.25, 0.3) is 0 Å². The molecule has 3 rings (SSSR count).